The van der Waals surface area contributed by atoms with Crippen molar-refractivity contribution in [1.29, 1.82) is 0 Å². The highest BCUT2D eigenvalue weighted by Gasteiger charge is 2.07. The zero-order chi connectivity index (χ0) is 18.2. The average molecular weight is 361 g/mol. The number of nitro groups is 1. The van der Waals surface area contributed by atoms with Gasteiger partial charge in [-0.15, -0.1) is 0 Å². The van der Waals surface area contributed by atoms with E-state index in [2.05, 4.69) is 15.8 Å². The number of hydrogen-bond donors (Lipinski definition) is 2. The molecule has 128 valence electrons. The molecular formula is C16H13ClN4O4. The molecule has 0 spiro atoms. The summed E-state index contributed by atoms with van der Waals surface area (Å²) in [5.41, 5.74) is 3.17. The summed E-state index contributed by atoms with van der Waals surface area (Å²) in [7, 11) is 0. The summed E-state index contributed by atoms with van der Waals surface area (Å²) in [6.07, 6.45) is 1.34. The highest BCUT2D eigenvalue weighted by atomic mass is 35.5. The second kappa shape index (κ2) is 8.55. The molecule has 2 aromatic carbocycles. The number of nitro benzene ring substituents is 1. The smallest absolute Gasteiger partial charge is 0.269 e. The highest BCUT2D eigenvalue weighted by molar-refractivity contribution is 6.30. The summed E-state index contributed by atoms with van der Waals surface area (Å²) >= 11 is 5.73. The Bertz CT molecular complexity index is 804. The molecule has 0 aromatic heterocycles. The van der Waals surface area contributed by atoms with Gasteiger partial charge in [-0.05, 0) is 42.0 Å². The SMILES string of the molecule is O=C(CNC(=O)c1ccc(Cl)cc1)N/N=C\c1ccc([N+](=O)[O-])cc1. The summed E-state index contributed by atoms with van der Waals surface area (Å²) in [6.45, 7) is -0.251. The summed E-state index contributed by atoms with van der Waals surface area (Å²) in [5, 5.41) is 17.2. The van der Waals surface area contributed by atoms with Gasteiger partial charge in [0.25, 0.3) is 17.5 Å². The molecule has 0 heterocycles. The quantitative estimate of drug-likeness (QED) is 0.466. The van der Waals surface area contributed by atoms with Crippen LogP contribution in [0.1, 0.15) is 15.9 Å². The van der Waals surface area contributed by atoms with Gasteiger partial charge in [-0.25, -0.2) is 5.43 Å². The van der Waals surface area contributed by atoms with Gasteiger partial charge in [-0.1, -0.05) is 11.6 Å². The summed E-state index contributed by atoms with van der Waals surface area (Å²) < 4.78 is 0. The maximum atomic E-state index is 11.8. The molecule has 0 fully saturated rings. The summed E-state index contributed by atoms with van der Waals surface area (Å²) in [6, 6.07) is 11.9. The van der Waals surface area contributed by atoms with Crippen LogP contribution in [0.5, 0.6) is 0 Å². The number of rotatable bonds is 6. The minimum atomic E-state index is -0.513. The van der Waals surface area contributed by atoms with Gasteiger partial charge in [0.05, 0.1) is 17.7 Å². The second-order valence-corrected chi connectivity index (χ2v) is 5.27. The minimum absolute atomic E-state index is 0.0360. The largest absolute Gasteiger partial charge is 0.343 e. The number of amides is 2. The number of carbonyl (C=O) groups excluding carboxylic acids is 2. The predicted octanol–water partition coefficient (Wildman–Crippen LogP) is 2.13. The number of carbonyl (C=O) groups is 2. The molecule has 2 rings (SSSR count). The van der Waals surface area contributed by atoms with Crippen molar-refractivity contribution in [1.82, 2.24) is 10.7 Å². The lowest BCUT2D eigenvalue weighted by Crippen LogP contribution is -2.34. The third-order valence-electron chi connectivity index (χ3n) is 3.02. The van der Waals surface area contributed by atoms with Crippen LogP contribution in [0.3, 0.4) is 0 Å². The molecule has 9 heteroatoms. The first-order valence-corrected chi connectivity index (χ1v) is 7.43. The maximum Gasteiger partial charge on any atom is 0.269 e. The number of benzene rings is 2. The summed E-state index contributed by atoms with van der Waals surface area (Å²) in [4.78, 5) is 33.5. The van der Waals surface area contributed by atoms with E-state index in [0.717, 1.165) is 0 Å². The standard InChI is InChI=1S/C16H13ClN4O4/c17-13-5-3-12(4-6-13)16(23)18-10-15(22)20-19-9-11-1-7-14(8-2-11)21(24)25/h1-9H,10H2,(H,18,23)(H,20,22)/b19-9-. The number of nitrogens with one attached hydrogen (secondary N) is 2. The molecule has 0 unspecified atom stereocenters. The molecule has 2 aromatic rings. The first-order chi connectivity index (χ1) is 12.0. The van der Waals surface area contributed by atoms with E-state index in [1.54, 1.807) is 24.3 Å². The van der Waals surface area contributed by atoms with Crippen LogP contribution in [0.25, 0.3) is 0 Å². The Morgan fingerprint density at radius 2 is 1.76 bits per heavy atom. The number of nitrogens with zero attached hydrogens (tertiary/aromatic N) is 2. The zero-order valence-corrected chi connectivity index (χ0v) is 13.6. The molecule has 0 bridgehead atoms. The van der Waals surface area contributed by atoms with Crippen molar-refractivity contribution in [3.05, 3.63) is 74.8 Å². The first-order valence-electron chi connectivity index (χ1n) is 7.06. The van der Waals surface area contributed by atoms with E-state index in [1.165, 1.54) is 30.5 Å². The van der Waals surface area contributed by atoms with Crippen LogP contribution in [0.2, 0.25) is 5.02 Å². The van der Waals surface area contributed by atoms with Crippen LogP contribution in [0, 0.1) is 10.1 Å². The fourth-order valence-corrected chi connectivity index (χ4v) is 1.89. The van der Waals surface area contributed by atoms with E-state index in [9.17, 15) is 19.7 Å². The van der Waals surface area contributed by atoms with Gasteiger partial charge in [-0.3, -0.25) is 19.7 Å². The zero-order valence-electron chi connectivity index (χ0n) is 12.8. The molecule has 0 aliphatic carbocycles. The van der Waals surface area contributed by atoms with Crippen LogP contribution in [0.4, 0.5) is 5.69 Å². The van der Waals surface area contributed by atoms with Crippen LogP contribution >= 0.6 is 11.6 Å². The maximum absolute atomic E-state index is 11.8. The Labute approximate surface area is 147 Å². The number of halogens is 1. The lowest BCUT2D eigenvalue weighted by molar-refractivity contribution is -0.384. The Kier molecular flexibility index (Phi) is 6.19. The molecule has 0 saturated carbocycles. The van der Waals surface area contributed by atoms with Gasteiger partial charge in [0.2, 0.25) is 0 Å². The fourth-order valence-electron chi connectivity index (χ4n) is 1.76. The molecule has 2 N–H and O–H groups in total. The molecule has 0 saturated heterocycles. The predicted molar refractivity (Wildman–Crippen MR) is 92.6 cm³/mol. The lowest BCUT2D eigenvalue weighted by atomic mass is 10.2. The van der Waals surface area contributed by atoms with Crippen LogP contribution < -0.4 is 10.7 Å². The monoisotopic (exact) mass is 360 g/mol. The van der Waals surface area contributed by atoms with E-state index in [-0.39, 0.29) is 12.2 Å². The minimum Gasteiger partial charge on any atom is -0.343 e. The summed E-state index contributed by atoms with van der Waals surface area (Å²) in [5.74, 6) is -0.924. The third kappa shape index (κ3) is 5.70. The van der Waals surface area contributed by atoms with Crippen molar-refractivity contribution >= 4 is 35.3 Å². The Morgan fingerprint density at radius 1 is 1.12 bits per heavy atom. The van der Waals surface area contributed by atoms with Gasteiger partial charge in [0.15, 0.2) is 0 Å². The van der Waals surface area contributed by atoms with Gasteiger partial charge < -0.3 is 5.32 Å². The molecule has 0 atom stereocenters. The Hall–Kier alpha value is -3.26. The normalized spacial score (nSPS) is 10.4. The van der Waals surface area contributed by atoms with Crippen LogP contribution in [-0.2, 0) is 4.79 Å². The second-order valence-electron chi connectivity index (χ2n) is 4.83. The molecule has 2 amide bonds. The molecule has 0 aliphatic rings. The van der Waals surface area contributed by atoms with E-state index in [0.29, 0.717) is 16.1 Å². The van der Waals surface area contributed by atoms with Crippen molar-refractivity contribution < 1.29 is 14.5 Å². The van der Waals surface area contributed by atoms with E-state index in [4.69, 9.17) is 11.6 Å². The van der Waals surface area contributed by atoms with Crippen molar-refractivity contribution in [3.8, 4) is 0 Å². The topological polar surface area (TPSA) is 114 Å². The average Bonchev–Trinajstić information content (AvgIpc) is 2.60. The van der Waals surface area contributed by atoms with Gasteiger partial charge >= 0.3 is 0 Å². The highest BCUT2D eigenvalue weighted by Crippen LogP contribution is 2.10. The van der Waals surface area contributed by atoms with Gasteiger partial charge in [0, 0.05) is 22.7 Å². The van der Waals surface area contributed by atoms with Crippen molar-refractivity contribution in [2.45, 2.75) is 0 Å². The fraction of sp³-hybridized carbons (Fsp3) is 0.0625. The van der Waals surface area contributed by atoms with Crippen LogP contribution in [0.15, 0.2) is 53.6 Å². The Morgan fingerprint density at radius 3 is 2.36 bits per heavy atom. The van der Waals surface area contributed by atoms with E-state index in [1.807, 2.05) is 0 Å². The number of hydrazone groups is 1. The molecular weight excluding hydrogens is 348 g/mol. The molecule has 8 nitrogen and oxygen atoms in total. The number of hydrogen-bond acceptors (Lipinski definition) is 5. The number of non-ortho nitro benzene ring substituents is 1. The first kappa shape index (κ1) is 18.1. The van der Waals surface area contributed by atoms with Crippen molar-refractivity contribution in [2.24, 2.45) is 5.10 Å². The van der Waals surface area contributed by atoms with Gasteiger partial charge in [-0.2, -0.15) is 5.10 Å². The van der Waals surface area contributed by atoms with Crippen LogP contribution in [-0.4, -0.2) is 29.5 Å². The van der Waals surface area contributed by atoms with Gasteiger partial charge in [0.1, 0.15) is 0 Å². The van der Waals surface area contributed by atoms with Crippen molar-refractivity contribution in [2.75, 3.05) is 6.54 Å². The molecule has 25 heavy (non-hydrogen) atoms. The van der Waals surface area contributed by atoms with Crippen molar-refractivity contribution in [3.63, 3.8) is 0 Å². The van der Waals surface area contributed by atoms with E-state index < -0.39 is 16.7 Å². The molecule has 0 radical (unpaired) electrons. The van der Waals surface area contributed by atoms with E-state index >= 15 is 0 Å². The third-order valence-corrected chi connectivity index (χ3v) is 3.27. The Balaban J connectivity index is 1.79. The molecule has 0 aliphatic heterocycles. The lowest BCUT2D eigenvalue weighted by Gasteiger charge is -2.04.